The van der Waals surface area contributed by atoms with E-state index >= 15 is 0 Å². The second-order valence-corrected chi connectivity index (χ2v) is 6.64. The van der Waals surface area contributed by atoms with Crippen LogP contribution in [0.25, 0.3) is 6.08 Å². The molecule has 0 saturated carbocycles. The zero-order valence-corrected chi connectivity index (χ0v) is 14.8. The standard InChI is InChI=1S/C21H20N2O4/c24-20(9-7-17-5-1-2-10-22-17)23-11-3-4-16(13-23)21(25)15-6-8-18-19(12-15)27-14-26-18/h1-2,5-10,12,16H,3-4,11,13-14H2/b9-7+/t16-/m0/s1. The van der Waals surface area contributed by atoms with Crippen LogP contribution >= 0.6 is 0 Å². The largest absolute Gasteiger partial charge is 0.454 e. The number of Topliss-reactive ketones (excluding diaryl/α,β-unsaturated/α-hetero) is 1. The van der Waals surface area contributed by atoms with Crippen molar-refractivity contribution in [3.63, 3.8) is 0 Å². The van der Waals surface area contributed by atoms with Gasteiger partial charge in [0, 0.05) is 36.8 Å². The summed E-state index contributed by atoms with van der Waals surface area (Å²) in [6.07, 6.45) is 6.50. The highest BCUT2D eigenvalue weighted by molar-refractivity contribution is 5.99. The van der Waals surface area contributed by atoms with E-state index in [2.05, 4.69) is 4.98 Å². The van der Waals surface area contributed by atoms with Gasteiger partial charge in [0.25, 0.3) is 0 Å². The number of ether oxygens (including phenoxy) is 2. The zero-order valence-electron chi connectivity index (χ0n) is 14.8. The van der Waals surface area contributed by atoms with Gasteiger partial charge >= 0.3 is 0 Å². The Bertz CT molecular complexity index is 879. The van der Waals surface area contributed by atoms with Crippen LogP contribution in [0.15, 0.2) is 48.7 Å². The summed E-state index contributed by atoms with van der Waals surface area (Å²) >= 11 is 0. The molecule has 0 unspecified atom stereocenters. The Balaban J connectivity index is 1.42. The van der Waals surface area contributed by atoms with Crippen LogP contribution in [0.2, 0.25) is 0 Å². The molecule has 3 heterocycles. The number of carbonyl (C=O) groups is 2. The van der Waals surface area contributed by atoms with Crippen molar-refractivity contribution in [2.24, 2.45) is 5.92 Å². The minimum absolute atomic E-state index is 0.0412. The van der Waals surface area contributed by atoms with Gasteiger partial charge in [-0.1, -0.05) is 6.07 Å². The molecule has 2 aromatic rings. The molecule has 6 heteroatoms. The molecule has 6 nitrogen and oxygen atoms in total. The first-order valence-corrected chi connectivity index (χ1v) is 9.02. The van der Waals surface area contributed by atoms with Gasteiger partial charge in [-0.2, -0.15) is 0 Å². The monoisotopic (exact) mass is 364 g/mol. The highest BCUT2D eigenvalue weighted by Gasteiger charge is 2.29. The lowest BCUT2D eigenvalue weighted by Crippen LogP contribution is -2.41. The van der Waals surface area contributed by atoms with Gasteiger partial charge in [0.2, 0.25) is 12.7 Å². The molecule has 0 aliphatic carbocycles. The number of pyridine rings is 1. The van der Waals surface area contributed by atoms with E-state index in [-0.39, 0.29) is 24.4 Å². The first-order chi connectivity index (χ1) is 13.2. The molecule has 4 rings (SSSR count). The molecule has 27 heavy (non-hydrogen) atoms. The number of hydrogen-bond acceptors (Lipinski definition) is 5. The van der Waals surface area contributed by atoms with E-state index in [1.807, 2.05) is 18.2 Å². The smallest absolute Gasteiger partial charge is 0.246 e. The molecule has 2 aliphatic rings. The molecule has 1 atom stereocenters. The van der Waals surface area contributed by atoms with Crippen LogP contribution in [0.3, 0.4) is 0 Å². The number of nitrogens with zero attached hydrogens (tertiary/aromatic N) is 2. The predicted octanol–water partition coefficient (Wildman–Crippen LogP) is 2.95. The second kappa shape index (κ2) is 7.61. The van der Waals surface area contributed by atoms with Crippen LogP contribution in [-0.4, -0.2) is 41.5 Å². The van der Waals surface area contributed by atoms with Crippen molar-refractivity contribution in [1.29, 1.82) is 0 Å². The van der Waals surface area contributed by atoms with Crippen molar-refractivity contribution in [3.05, 3.63) is 59.9 Å². The second-order valence-electron chi connectivity index (χ2n) is 6.64. The zero-order chi connectivity index (χ0) is 18.6. The topological polar surface area (TPSA) is 68.7 Å². The fourth-order valence-electron chi connectivity index (χ4n) is 3.41. The Hall–Kier alpha value is -3.15. The summed E-state index contributed by atoms with van der Waals surface area (Å²) in [4.78, 5) is 31.3. The Labute approximate surface area is 157 Å². The van der Waals surface area contributed by atoms with E-state index in [0.29, 0.717) is 30.2 Å². The summed E-state index contributed by atoms with van der Waals surface area (Å²) < 4.78 is 10.6. The van der Waals surface area contributed by atoms with Crippen LogP contribution in [0.5, 0.6) is 11.5 Å². The molecule has 0 radical (unpaired) electrons. The number of hydrogen-bond donors (Lipinski definition) is 0. The number of aromatic nitrogens is 1. The summed E-state index contributed by atoms with van der Waals surface area (Å²) in [6.45, 7) is 1.27. The minimum atomic E-state index is -0.202. The van der Waals surface area contributed by atoms with Gasteiger partial charge in [-0.25, -0.2) is 0 Å². The number of amides is 1. The predicted molar refractivity (Wildman–Crippen MR) is 99.5 cm³/mol. The van der Waals surface area contributed by atoms with Crippen LogP contribution in [0, 0.1) is 5.92 Å². The van der Waals surface area contributed by atoms with Crippen molar-refractivity contribution in [3.8, 4) is 11.5 Å². The molecule has 1 amide bonds. The third kappa shape index (κ3) is 3.84. The molecule has 138 valence electrons. The van der Waals surface area contributed by atoms with Crippen LogP contribution < -0.4 is 9.47 Å². The number of benzene rings is 1. The van der Waals surface area contributed by atoms with E-state index in [9.17, 15) is 9.59 Å². The molecule has 1 aromatic heterocycles. The van der Waals surface area contributed by atoms with E-state index in [1.54, 1.807) is 35.4 Å². The maximum Gasteiger partial charge on any atom is 0.246 e. The SMILES string of the molecule is O=C(c1ccc2c(c1)OCO2)[C@H]1CCCN(C(=O)/C=C/c2ccccn2)C1. The van der Waals surface area contributed by atoms with Crippen molar-refractivity contribution < 1.29 is 19.1 Å². The Morgan fingerprint density at radius 1 is 1.15 bits per heavy atom. The number of rotatable bonds is 4. The molecule has 1 saturated heterocycles. The van der Waals surface area contributed by atoms with E-state index in [1.165, 1.54) is 6.08 Å². The van der Waals surface area contributed by atoms with Crippen LogP contribution in [-0.2, 0) is 4.79 Å². The molecule has 0 N–H and O–H groups in total. The van der Waals surface area contributed by atoms with Gasteiger partial charge in [-0.15, -0.1) is 0 Å². The molecule has 1 aromatic carbocycles. The van der Waals surface area contributed by atoms with E-state index in [4.69, 9.17) is 9.47 Å². The van der Waals surface area contributed by atoms with E-state index < -0.39 is 0 Å². The van der Waals surface area contributed by atoms with Gasteiger partial charge in [-0.05, 0) is 49.2 Å². The van der Waals surface area contributed by atoms with Crippen molar-refractivity contribution in [2.75, 3.05) is 19.9 Å². The summed E-state index contributed by atoms with van der Waals surface area (Å²) in [6, 6.07) is 10.8. The first kappa shape index (κ1) is 17.3. The third-order valence-electron chi connectivity index (χ3n) is 4.85. The van der Waals surface area contributed by atoms with Crippen molar-refractivity contribution in [2.45, 2.75) is 12.8 Å². The maximum absolute atomic E-state index is 12.9. The normalized spacial score (nSPS) is 18.7. The van der Waals surface area contributed by atoms with Crippen molar-refractivity contribution in [1.82, 2.24) is 9.88 Å². The molecule has 0 spiro atoms. The quantitative estimate of drug-likeness (QED) is 0.616. The Morgan fingerprint density at radius 3 is 2.89 bits per heavy atom. The minimum Gasteiger partial charge on any atom is -0.454 e. The lowest BCUT2D eigenvalue weighted by Gasteiger charge is -2.31. The molecule has 1 fully saturated rings. The van der Waals surface area contributed by atoms with Gasteiger partial charge in [0.15, 0.2) is 17.3 Å². The average Bonchev–Trinajstić information content (AvgIpc) is 3.20. The lowest BCUT2D eigenvalue weighted by molar-refractivity contribution is -0.127. The number of likely N-dealkylation sites (tertiary alicyclic amines) is 1. The maximum atomic E-state index is 12.9. The lowest BCUT2D eigenvalue weighted by atomic mass is 9.90. The molecule has 0 bridgehead atoms. The number of ketones is 1. The Morgan fingerprint density at radius 2 is 2.04 bits per heavy atom. The first-order valence-electron chi connectivity index (χ1n) is 9.02. The summed E-state index contributed by atoms with van der Waals surface area (Å²) in [7, 11) is 0. The Kier molecular flexibility index (Phi) is 4.87. The molecular formula is C21H20N2O4. The van der Waals surface area contributed by atoms with Gasteiger partial charge in [-0.3, -0.25) is 14.6 Å². The molecular weight excluding hydrogens is 344 g/mol. The fraction of sp³-hybridized carbons (Fsp3) is 0.286. The summed E-state index contributed by atoms with van der Waals surface area (Å²) in [5, 5.41) is 0. The number of piperidine rings is 1. The van der Waals surface area contributed by atoms with Crippen LogP contribution in [0.1, 0.15) is 28.9 Å². The fourth-order valence-corrected chi connectivity index (χ4v) is 3.41. The number of carbonyl (C=O) groups excluding carboxylic acids is 2. The highest BCUT2D eigenvalue weighted by Crippen LogP contribution is 2.33. The molecule has 2 aliphatic heterocycles. The van der Waals surface area contributed by atoms with Crippen LogP contribution in [0.4, 0.5) is 0 Å². The third-order valence-corrected chi connectivity index (χ3v) is 4.85. The summed E-state index contributed by atoms with van der Waals surface area (Å²) in [5.74, 6) is 1.00. The average molecular weight is 364 g/mol. The number of fused-ring (bicyclic) bond motifs is 1. The van der Waals surface area contributed by atoms with Crippen molar-refractivity contribution >= 4 is 17.8 Å². The highest BCUT2D eigenvalue weighted by atomic mass is 16.7. The van der Waals surface area contributed by atoms with Gasteiger partial charge in [0.1, 0.15) is 0 Å². The summed E-state index contributed by atoms with van der Waals surface area (Å²) in [5.41, 5.74) is 1.33. The van der Waals surface area contributed by atoms with Gasteiger partial charge < -0.3 is 14.4 Å². The van der Waals surface area contributed by atoms with E-state index in [0.717, 1.165) is 18.5 Å². The van der Waals surface area contributed by atoms with Gasteiger partial charge in [0.05, 0.1) is 5.69 Å².